The number of benzene rings is 1. The second-order valence-electron chi connectivity index (χ2n) is 5.24. The Hall–Kier alpha value is -2.18. The number of methoxy groups -OCH3 is 1. The zero-order chi connectivity index (χ0) is 15.7. The van der Waals surface area contributed by atoms with Crippen molar-refractivity contribution in [2.75, 3.05) is 7.11 Å². The van der Waals surface area contributed by atoms with E-state index >= 15 is 0 Å². The van der Waals surface area contributed by atoms with Gasteiger partial charge in [0.15, 0.2) is 0 Å². The minimum Gasteiger partial charge on any atom is -0.497 e. The Balaban J connectivity index is 1.97. The number of nitrogens with zero attached hydrogens (tertiary/aromatic N) is 3. The highest BCUT2D eigenvalue weighted by Gasteiger charge is 2.29. The summed E-state index contributed by atoms with van der Waals surface area (Å²) in [6.07, 6.45) is 3.66. The molecule has 0 spiro atoms. The summed E-state index contributed by atoms with van der Waals surface area (Å²) in [5, 5.41) is 17.6. The molecule has 5 nitrogen and oxygen atoms in total. The summed E-state index contributed by atoms with van der Waals surface area (Å²) in [5.41, 5.74) is 1.33. The third-order valence-corrected chi connectivity index (χ3v) is 4.61. The van der Waals surface area contributed by atoms with Gasteiger partial charge in [-0.25, -0.2) is 4.98 Å². The van der Waals surface area contributed by atoms with Crippen molar-refractivity contribution >= 4 is 11.3 Å². The molecule has 3 aromatic rings. The van der Waals surface area contributed by atoms with Crippen LogP contribution in [0.1, 0.15) is 17.5 Å². The molecule has 6 heteroatoms. The van der Waals surface area contributed by atoms with E-state index in [1.54, 1.807) is 24.9 Å². The fourth-order valence-corrected chi connectivity index (χ4v) is 3.14. The van der Waals surface area contributed by atoms with Crippen molar-refractivity contribution in [2.24, 2.45) is 7.05 Å². The summed E-state index contributed by atoms with van der Waals surface area (Å²) >= 11 is 1.43. The van der Waals surface area contributed by atoms with Crippen LogP contribution < -0.4 is 4.74 Å². The number of hydrogen-bond donors (Lipinski definition) is 1. The topological polar surface area (TPSA) is 60.2 Å². The van der Waals surface area contributed by atoms with Gasteiger partial charge < -0.3 is 9.84 Å². The van der Waals surface area contributed by atoms with Gasteiger partial charge in [-0.1, -0.05) is 12.1 Å². The first-order valence-corrected chi connectivity index (χ1v) is 7.70. The fourth-order valence-electron chi connectivity index (χ4n) is 2.23. The summed E-state index contributed by atoms with van der Waals surface area (Å²) in [4.78, 5) is 4.57. The Labute approximate surface area is 132 Å². The number of thiazole rings is 1. The van der Waals surface area contributed by atoms with E-state index in [4.69, 9.17) is 4.74 Å². The highest BCUT2D eigenvalue weighted by atomic mass is 32.1. The normalized spacial score (nSPS) is 13.8. The van der Waals surface area contributed by atoms with Crippen LogP contribution in [0, 0.1) is 0 Å². The number of ether oxygens (including phenoxy) is 1. The first-order chi connectivity index (χ1) is 10.5. The number of hydrogen-bond acceptors (Lipinski definition) is 5. The average Bonchev–Trinajstić information content (AvgIpc) is 3.16. The molecule has 0 aliphatic rings. The molecule has 0 aliphatic heterocycles. The molecule has 22 heavy (non-hydrogen) atoms. The Morgan fingerprint density at radius 1 is 1.36 bits per heavy atom. The fraction of sp³-hybridized carbons (Fsp3) is 0.250. The van der Waals surface area contributed by atoms with Gasteiger partial charge in [0.1, 0.15) is 16.4 Å². The monoisotopic (exact) mass is 315 g/mol. The first-order valence-electron chi connectivity index (χ1n) is 6.82. The quantitative estimate of drug-likeness (QED) is 0.804. The van der Waals surface area contributed by atoms with Gasteiger partial charge in [0.25, 0.3) is 0 Å². The van der Waals surface area contributed by atoms with Crippen molar-refractivity contribution in [2.45, 2.75) is 12.5 Å². The van der Waals surface area contributed by atoms with Gasteiger partial charge in [0.2, 0.25) is 0 Å². The SMILES string of the molecule is COc1cccc(C(C)(O)c2nc(-c3cnn(C)c3)cs2)c1. The maximum absolute atomic E-state index is 10.9. The van der Waals surface area contributed by atoms with Gasteiger partial charge in [-0.15, -0.1) is 11.3 Å². The van der Waals surface area contributed by atoms with Crippen LogP contribution >= 0.6 is 11.3 Å². The molecule has 1 aromatic carbocycles. The lowest BCUT2D eigenvalue weighted by Crippen LogP contribution is -2.22. The van der Waals surface area contributed by atoms with Crippen LogP contribution in [0.4, 0.5) is 0 Å². The lowest BCUT2D eigenvalue weighted by atomic mass is 9.96. The molecule has 0 fully saturated rings. The minimum atomic E-state index is -1.17. The molecule has 0 bridgehead atoms. The maximum atomic E-state index is 10.9. The maximum Gasteiger partial charge on any atom is 0.138 e. The lowest BCUT2D eigenvalue weighted by Gasteiger charge is -2.21. The Kier molecular flexibility index (Phi) is 3.72. The van der Waals surface area contributed by atoms with E-state index in [9.17, 15) is 5.11 Å². The molecule has 0 saturated carbocycles. The minimum absolute atomic E-state index is 0.639. The summed E-state index contributed by atoms with van der Waals surface area (Å²) in [6.45, 7) is 1.74. The van der Waals surface area contributed by atoms with E-state index < -0.39 is 5.60 Å². The second-order valence-corrected chi connectivity index (χ2v) is 6.10. The molecule has 1 unspecified atom stereocenters. The van der Waals surface area contributed by atoms with Gasteiger partial charge in [-0.05, 0) is 24.6 Å². The predicted octanol–water partition coefficient (Wildman–Crippen LogP) is 2.81. The van der Waals surface area contributed by atoms with Crippen molar-refractivity contribution in [3.63, 3.8) is 0 Å². The van der Waals surface area contributed by atoms with Gasteiger partial charge in [-0.2, -0.15) is 5.10 Å². The van der Waals surface area contributed by atoms with Gasteiger partial charge in [0.05, 0.1) is 19.0 Å². The molecule has 3 rings (SSSR count). The van der Waals surface area contributed by atoms with Gasteiger partial charge >= 0.3 is 0 Å². The predicted molar refractivity (Wildman–Crippen MR) is 86.0 cm³/mol. The van der Waals surface area contributed by atoms with Gasteiger partial charge in [0, 0.05) is 24.2 Å². The van der Waals surface area contributed by atoms with Crippen LogP contribution in [0.2, 0.25) is 0 Å². The number of aromatic nitrogens is 3. The van der Waals surface area contributed by atoms with Crippen LogP contribution in [0.25, 0.3) is 11.3 Å². The average molecular weight is 315 g/mol. The second kappa shape index (κ2) is 5.55. The van der Waals surface area contributed by atoms with Crippen molar-refractivity contribution in [1.29, 1.82) is 0 Å². The zero-order valence-electron chi connectivity index (χ0n) is 12.6. The van der Waals surface area contributed by atoms with E-state index in [0.29, 0.717) is 10.8 Å². The summed E-state index contributed by atoms with van der Waals surface area (Å²) in [7, 11) is 3.47. The molecular formula is C16H17N3O2S. The highest BCUT2D eigenvalue weighted by Crippen LogP contribution is 2.34. The molecular weight excluding hydrogens is 298 g/mol. The lowest BCUT2D eigenvalue weighted by molar-refractivity contribution is 0.102. The van der Waals surface area contributed by atoms with Crippen LogP contribution in [0.5, 0.6) is 5.75 Å². The number of aliphatic hydroxyl groups is 1. The third-order valence-electron chi connectivity index (χ3n) is 3.55. The zero-order valence-corrected chi connectivity index (χ0v) is 13.5. The number of aryl methyl sites for hydroxylation is 1. The molecule has 1 atom stereocenters. The molecule has 0 radical (unpaired) electrons. The van der Waals surface area contributed by atoms with Crippen molar-refractivity contribution in [3.05, 3.63) is 52.6 Å². The summed E-state index contributed by atoms with van der Waals surface area (Å²) in [6, 6.07) is 7.40. The first kappa shape index (κ1) is 14.7. The van der Waals surface area contributed by atoms with Crippen molar-refractivity contribution in [3.8, 4) is 17.0 Å². The van der Waals surface area contributed by atoms with E-state index in [2.05, 4.69) is 10.1 Å². The van der Waals surface area contributed by atoms with Crippen molar-refractivity contribution < 1.29 is 9.84 Å². The van der Waals surface area contributed by atoms with Crippen LogP contribution in [-0.4, -0.2) is 27.0 Å². The Morgan fingerprint density at radius 2 is 2.18 bits per heavy atom. The van der Waals surface area contributed by atoms with Gasteiger partial charge in [-0.3, -0.25) is 4.68 Å². The molecule has 0 aliphatic carbocycles. The van der Waals surface area contributed by atoms with E-state index in [0.717, 1.165) is 16.8 Å². The van der Waals surface area contributed by atoms with Crippen LogP contribution in [0.3, 0.4) is 0 Å². The third kappa shape index (κ3) is 2.63. The van der Waals surface area contributed by atoms with Crippen LogP contribution in [-0.2, 0) is 12.6 Å². The highest BCUT2D eigenvalue weighted by molar-refractivity contribution is 7.10. The molecule has 0 amide bonds. The summed E-state index contributed by atoms with van der Waals surface area (Å²) < 4.78 is 6.95. The van der Waals surface area contributed by atoms with E-state index in [-0.39, 0.29) is 0 Å². The number of rotatable bonds is 4. The molecule has 0 saturated heterocycles. The van der Waals surface area contributed by atoms with Crippen LogP contribution in [0.15, 0.2) is 42.0 Å². The van der Waals surface area contributed by atoms with Crippen molar-refractivity contribution in [1.82, 2.24) is 14.8 Å². The smallest absolute Gasteiger partial charge is 0.138 e. The molecule has 114 valence electrons. The molecule has 1 N–H and O–H groups in total. The van der Waals surface area contributed by atoms with E-state index in [1.165, 1.54) is 11.3 Å². The molecule has 2 aromatic heterocycles. The Morgan fingerprint density at radius 3 is 2.86 bits per heavy atom. The molecule has 2 heterocycles. The summed E-state index contributed by atoms with van der Waals surface area (Å²) in [5.74, 6) is 0.710. The largest absolute Gasteiger partial charge is 0.497 e. The van der Waals surface area contributed by atoms with E-state index in [1.807, 2.05) is 42.9 Å². The standard InChI is InChI=1S/C16H17N3O2S/c1-16(20,12-5-4-6-13(7-12)21-3)15-18-14(10-22-15)11-8-17-19(2)9-11/h4-10,20H,1-3H3. The Bertz CT molecular complexity index is 792.